The van der Waals surface area contributed by atoms with E-state index in [2.05, 4.69) is 5.32 Å². The summed E-state index contributed by atoms with van der Waals surface area (Å²) in [6.07, 6.45) is -1.47. The van der Waals surface area contributed by atoms with Gasteiger partial charge in [0.25, 0.3) is 0 Å². The van der Waals surface area contributed by atoms with E-state index < -0.39 is 23.9 Å². The zero-order chi connectivity index (χ0) is 19.8. The molecule has 0 unspecified atom stereocenters. The Balaban J connectivity index is 1.63. The van der Waals surface area contributed by atoms with Gasteiger partial charge in [0.2, 0.25) is 5.91 Å². The predicted molar refractivity (Wildman–Crippen MR) is 102 cm³/mol. The minimum atomic E-state index is -0.586. The number of fused-ring (bicyclic) bond motifs is 1. The van der Waals surface area contributed by atoms with E-state index in [1.165, 1.54) is 16.7 Å². The first-order valence-corrected chi connectivity index (χ1v) is 9.61. The van der Waals surface area contributed by atoms with Crippen molar-refractivity contribution in [2.75, 3.05) is 35.7 Å². The van der Waals surface area contributed by atoms with Gasteiger partial charge in [0.1, 0.15) is 11.7 Å². The molecule has 1 aromatic carbocycles. The highest BCUT2D eigenvalue weighted by Crippen LogP contribution is 2.38. The molecule has 1 aromatic rings. The third-order valence-corrected chi connectivity index (χ3v) is 5.12. The summed E-state index contributed by atoms with van der Waals surface area (Å²) in [6.45, 7) is 5.84. The molecule has 0 aliphatic carbocycles. The van der Waals surface area contributed by atoms with Crippen LogP contribution >= 0.6 is 11.8 Å². The van der Waals surface area contributed by atoms with Crippen LogP contribution in [0.15, 0.2) is 23.1 Å². The average molecular weight is 393 g/mol. The standard InChI is InChI=1S/C18H23N3O5S/c1-18(2,3)26-16(23)19-8-12-9-21(17(24)25-12)11-5-6-13-14(7-11)27-10-15(22)20(13)4/h5-7,12H,8-10H2,1-4H3,(H,19,23)/t12-/m0/s1. The van der Waals surface area contributed by atoms with E-state index in [0.29, 0.717) is 18.0 Å². The van der Waals surface area contributed by atoms with Crippen LogP contribution < -0.4 is 15.1 Å². The molecule has 2 aliphatic heterocycles. The number of thioether (sulfide) groups is 1. The number of hydrogen-bond acceptors (Lipinski definition) is 6. The quantitative estimate of drug-likeness (QED) is 0.849. The number of nitrogens with zero attached hydrogens (tertiary/aromatic N) is 2. The fourth-order valence-electron chi connectivity index (χ4n) is 2.78. The van der Waals surface area contributed by atoms with E-state index in [-0.39, 0.29) is 12.5 Å². The molecule has 1 saturated heterocycles. The summed E-state index contributed by atoms with van der Waals surface area (Å²) >= 11 is 1.45. The van der Waals surface area contributed by atoms with Crippen molar-refractivity contribution >= 4 is 41.2 Å². The van der Waals surface area contributed by atoms with Crippen molar-refractivity contribution in [1.29, 1.82) is 0 Å². The third-order valence-electron chi connectivity index (χ3n) is 4.09. The maximum absolute atomic E-state index is 12.2. The number of carbonyl (C=O) groups is 3. The van der Waals surface area contributed by atoms with Crippen molar-refractivity contribution in [2.45, 2.75) is 37.4 Å². The lowest BCUT2D eigenvalue weighted by Gasteiger charge is -2.26. The second-order valence-electron chi connectivity index (χ2n) is 7.39. The first-order chi connectivity index (χ1) is 12.6. The van der Waals surface area contributed by atoms with Gasteiger partial charge in [-0.1, -0.05) is 0 Å². The molecule has 146 valence electrons. The second kappa shape index (κ2) is 7.30. The Morgan fingerprint density at radius 1 is 1.37 bits per heavy atom. The summed E-state index contributed by atoms with van der Waals surface area (Å²) < 4.78 is 10.5. The molecule has 3 rings (SSSR count). The first kappa shape index (κ1) is 19.3. The summed E-state index contributed by atoms with van der Waals surface area (Å²) in [4.78, 5) is 39.8. The number of rotatable bonds is 3. The van der Waals surface area contributed by atoms with E-state index in [9.17, 15) is 14.4 Å². The SMILES string of the molecule is CN1C(=O)CSc2cc(N3C[C@H](CNC(=O)OC(C)(C)C)OC3=O)ccc21. The summed E-state index contributed by atoms with van der Waals surface area (Å²) in [7, 11) is 1.74. The van der Waals surface area contributed by atoms with Gasteiger partial charge in [0.05, 0.1) is 24.5 Å². The summed E-state index contributed by atoms with van der Waals surface area (Å²) in [5, 5.41) is 2.62. The fraction of sp³-hybridized carbons (Fsp3) is 0.500. The van der Waals surface area contributed by atoms with Gasteiger partial charge in [-0.3, -0.25) is 9.69 Å². The zero-order valence-corrected chi connectivity index (χ0v) is 16.6. The largest absolute Gasteiger partial charge is 0.444 e. The number of hydrogen-bond donors (Lipinski definition) is 1. The normalized spacial score (nSPS) is 19.6. The van der Waals surface area contributed by atoms with E-state index in [4.69, 9.17) is 9.47 Å². The monoisotopic (exact) mass is 393 g/mol. The topological polar surface area (TPSA) is 88.2 Å². The highest BCUT2D eigenvalue weighted by molar-refractivity contribution is 8.00. The van der Waals surface area contributed by atoms with Crippen molar-refractivity contribution in [1.82, 2.24) is 5.32 Å². The van der Waals surface area contributed by atoms with Gasteiger partial charge in [-0.25, -0.2) is 9.59 Å². The van der Waals surface area contributed by atoms with Crippen LogP contribution in [0.5, 0.6) is 0 Å². The first-order valence-electron chi connectivity index (χ1n) is 8.62. The predicted octanol–water partition coefficient (Wildman–Crippen LogP) is 2.61. The molecule has 1 N–H and O–H groups in total. The van der Waals surface area contributed by atoms with Crippen LogP contribution in [0.3, 0.4) is 0 Å². The molecule has 3 amide bonds. The lowest BCUT2D eigenvalue weighted by atomic mass is 10.2. The molecular weight excluding hydrogens is 370 g/mol. The van der Waals surface area contributed by atoms with Crippen molar-refractivity contribution < 1.29 is 23.9 Å². The van der Waals surface area contributed by atoms with Crippen LogP contribution in [-0.4, -0.2) is 55.7 Å². The molecule has 1 atom stereocenters. The van der Waals surface area contributed by atoms with Gasteiger partial charge in [-0.15, -0.1) is 11.8 Å². The molecule has 0 bridgehead atoms. The van der Waals surface area contributed by atoms with Crippen molar-refractivity contribution in [3.8, 4) is 0 Å². The minimum absolute atomic E-state index is 0.0501. The van der Waals surface area contributed by atoms with Crippen LogP contribution in [0.1, 0.15) is 20.8 Å². The van der Waals surface area contributed by atoms with E-state index in [1.54, 1.807) is 38.8 Å². The number of benzene rings is 1. The summed E-state index contributed by atoms with van der Waals surface area (Å²) in [5.74, 6) is 0.425. The maximum Gasteiger partial charge on any atom is 0.414 e. The number of amides is 3. The fourth-order valence-corrected chi connectivity index (χ4v) is 3.81. The number of cyclic esters (lactones) is 1. The molecule has 0 radical (unpaired) electrons. The Hall–Kier alpha value is -2.42. The number of nitrogens with one attached hydrogen (secondary N) is 1. The number of anilines is 2. The van der Waals surface area contributed by atoms with Gasteiger partial charge in [0, 0.05) is 17.6 Å². The van der Waals surface area contributed by atoms with Gasteiger partial charge in [0.15, 0.2) is 0 Å². The Labute approximate surface area is 162 Å². The highest BCUT2D eigenvalue weighted by Gasteiger charge is 2.34. The molecule has 2 heterocycles. The average Bonchev–Trinajstić information content (AvgIpc) is 2.95. The Bertz CT molecular complexity index is 777. The molecule has 0 aromatic heterocycles. The van der Waals surface area contributed by atoms with E-state index in [1.807, 2.05) is 12.1 Å². The molecule has 9 heteroatoms. The van der Waals surface area contributed by atoms with E-state index in [0.717, 1.165) is 10.6 Å². The van der Waals surface area contributed by atoms with Crippen LogP contribution in [-0.2, 0) is 14.3 Å². The number of ether oxygens (including phenoxy) is 2. The van der Waals surface area contributed by atoms with Crippen molar-refractivity contribution in [3.05, 3.63) is 18.2 Å². The zero-order valence-electron chi connectivity index (χ0n) is 15.8. The Morgan fingerprint density at radius 3 is 2.81 bits per heavy atom. The van der Waals surface area contributed by atoms with Crippen molar-refractivity contribution in [3.63, 3.8) is 0 Å². The smallest absolute Gasteiger partial charge is 0.414 e. The molecule has 1 fully saturated rings. The lowest BCUT2D eigenvalue weighted by molar-refractivity contribution is -0.116. The molecular formula is C18H23N3O5S. The van der Waals surface area contributed by atoms with Crippen LogP contribution in [0.4, 0.5) is 21.0 Å². The molecule has 2 aliphatic rings. The maximum atomic E-state index is 12.2. The second-order valence-corrected chi connectivity index (χ2v) is 8.41. The van der Waals surface area contributed by atoms with Crippen molar-refractivity contribution in [2.24, 2.45) is 0 Å². The molecule has 8 nitrogen and oxygen atoms in total. The van der Waals surface area contributed by atoms with E-state index >= 15 is 0 Å². The van der Waals surface area contributed by atoms with Crippen LogP contribution in [0.25, 0.3) is 0 Å². The highest BCUT2D eigenvalue weighted by atomic mass is 32.2. The third kappa shape index (κ3) is 4.47. The van der Waals surface area contributed by atoms with Crippen LogP contribution in [0, 0.1) is 0 Å². The Morgan fingerprint density at radius 2 is 2.11 bits per heavy atom. The number of carbonyl (C=O) groups excluding carboxylic acids is 3. The Kier molecular flexibility index (Phi) is 5.23. The summed E-state index contributed by atoms with van der Waals surface area (Å²) in [5.41, 5.74) is 0.946. The minimum Gasteiger partial charge on any atom is -0.444 e. The molecule has 0 spiro atoms. The van der Waals surface area contributed by atoms with Gasteiger partial charge >= 0.3 is 12.2 Å². The summed E-state index contributed by atoms with van der Waals surface area (Å²) in [6, 6.07) is 5.50. The van der Waals surface area contributed by atoms with Crippen LogP contribution in [0.2, 0.25) is 0 Å². The molecule has 0 saturated carbocycles. The van der Waals surface area contributed by atoms with Gasteiger partial charge < -0.3 is 19.7 Å². The lowest BCUT2D eigenvalue weighted by Crippen LogP contribution is -2.38. The van der Waals surface area contributed by atoms with Gasteiger partial charge in [-0.05, 0) is 39.0 Å². The number of alkyl carbamates (subject to hydrolysis) is 1. The van der Waals surface area contributed by atoms with Gasteiger partial charge in [-0.2, -0.15) is 0 Å². The molecule has 27 heavy (non-hydrogen) atoms.